The summed E-state index contributed by atoms with van der Waals surface area (Å²) in [7, 11) is 2.05. The van der Waals surface area contributed by atoms with Gasteiger partial charge in [-0.3, -0.25) is 0 Å². The molecule has 0 spiro atoms. The van der Waals surface area contributed by atoms with E-state index in [9.17, 15) is 0 Å². The van der Waals surface area contributed by atoms with E-state index < -0.39 is 21.2 Å². The second-order valence-electron chi connectivity index (χ2n) is 4.94. The summed E-state index contributed by atoms with van der Waals surface area (Å²) >= 11 is -1.07. The van der Waals surface area contributed by atoms with Crippen molar-refractivity contribution in [2.45, 2.75) is 25.3 Å². The van der Waals surface area contributed by atoms with Crippen molar-refractivity contribution >= 4 is 18.7 Å². The van der Waals surface area contributed by atoms with E-state index in [0.717, 1.165) is 16.8 Å². The van der Waals surface area contributed by atoms with Crippen LogP contribution >= 0.6 is 0 Å². The molecule has 0 bridgehead atoms. The number of benzene rings is 1. The Morgan fingerprint density at radius 1 is 1.17 bits per heavy atom. The van der Waals surface area contributed by atoms with Gasteiger partial charge in [0.2, 0.25) is 0 Å². The minimum absolute atomic E-state index is 0.402. The molecule has 0 unspecified atom stereocenters. The van der Waals surface area contributed by atoms with Gasteiger partial charge in [-0.05, 0) is 0 Å². The van der Waals surface area contributed by atoms with Crippen molar-refractivity contribution in [2.75, 3.05) is 0 Å². The first-order valence-corrected chi connectivity index (χ1v) is 11.4. The third kappa shape index (κ3) is 2.66. The van der Waals surface area contributed by atoms with Crippen molar-refractivity contribution in [3.63, 3.8) is 0 Å². The van der Waals surface area contributed by atoms with Crippen molar-refractivity contribution in [2.24, 2.45) is 7.05 Å². The summed E-state index contributed by atoms with van der Waals surface area (Å²) in [4.78, 5) is 0. The first-order valence-electron chi connectivity index (χ1n) is 7.62. The molecule has 2 rings (SSSR count). The maximum atomic E-state index is 7.50. The van der Waals surface area contributed by atoms with Gasteiger partial charge in [0.1, 0.15) is 0 Å². The van der Waals surface area contributed by atoms with Gasteiger partial charge in [0, 0.05) is 0 Å². The van der Waals surface area contributed by atoms with Crippen LogP contribution in [0, 0.1) is 13.8 Å². The first-order chi connectivity index (χ1) is 9.70. The van der Waals surface area contributed by atoms with Crippen molar-refractivity contribution in [3.05, 3.63) is 47.7 Å². The fourth-order valence-electron chi connectivity index (χ4n) is 2.13. The molecule has 2 aromatic rings. The Morgan fingerprint density at radius 3 is 2.50 bits per heavy atom. The average Bonchev–Trinajstić information content (AvgIpc) is 2.38. The summed E-state index contributed by atoms with van der Waals surface area (Å²) in [5, 5.41) is 0. The molecule has 0 saturated heterocycles. The van der Waals surface area contributed by atoms with Crippen molar-refractivity contribution in [1.29, 1.82) is 0 Å². The fraction of sp³-hybridized carbons (Fsp3) is 0.312. The molecule has 93 valence electrons. The molecule has 0 aliphatic rings. The topological polar surface area (TPSA) is 3.88 Å². The second kappa shape index (κ2) is 5.27. The standard InChI is InChI=1S/C16H21GeN/c1-12-6-8-15(13(2)10-12)16-9-7-14(17(3)4)11-18(16)5/h6-11H,1-5H3/q+1/i1D3. The second-order valence-corrected chi connectivity index (χ2v) is 10.4. The molecule has 0 saturated carbocycles. The van der Waals surface area contributed by atoms with Crippen LogP contribution in [0.4, 0.5) is 0 Å². The van der Waals surface area contributed by atoms with E-state index >= 15 is 0 Å². The molecular weight excluding hydrogens is 279 g/mol. The van der Waals surface area contributed by atoms with Crippen molar-refractivity contribution in [3.8, 4) is 11.3 Å². The van der Waals surface area contributed by atoms with Crippen LogP contribution in [0.2, 0.25) is 11.5 Å². The third-order valence-electron chi connectivity index (χ3n) is 3.21. The summed E-state index contributed by atoms with van der Waals surface area (Å²) in [5.74, 6) is 4.68. The van der Waals surface area contributed by atoms with E-state index in [0.29, 0.717) is 5.56 Å². The Kier molecular flexibility index (Phi) is 2.87. The summed E-state index contributed by atoms with van der Waals surface area (Å²) < 4.78 is 26.1. The summed E-state index contributed by atoms with van der Waals surface area (Å²) in [5.41, 5.74) is 3.61. The van der Waals surface area contributed by atoms with Crippen molar-refractivity contribution in [1.82, 2.24) is 0 Å². The van der Waals surface area contributed by atoms with Gasteiger partial charge in [-0.2, -0.15) is 0 Å². The van der Waals surface area contributed by atoms with Crippen LogP contribution in [-0.4, -0.2) is 14.3 Å². The van der Waals surface area contributed by atoms with E-state index in [1.807, 2.05) is 13.0 Å². The van der Waals surface area contributed by atoms with Gasteiger partial charge in [-0.15, -0.1) is 0 Å². The van der Waals surface area contributed by atoms with Gasteiger partial charge in [0.25, 0.3) is 0 Å². The quantitative estimate of drug-likeness (QED) is 0.593. The number of pyridine rings is 1. The molecule has 1 heterocycles. The number of hydrogen-bond acceptors (Lipinski definition) is 0. The molecular formula is C16H21GeN+. The Hall–Kier alpha value is -1.09. The summed E-state index contributed by atoms with van der Waals surface area (Å²) in [6.45, 7) is -0.0723. The molecule has 18 heavy (non-hydrogen) atoms. The Bertz CT molecular complexity index is 663. The van der Waals surface area contributed by atoms with E-state index in [1.165, 1.54) is 4.40 Å². The van der Waals surface area contributed by atoms with Crippen LogP contribution in [0.1, 0.15) is 15.2 Å². The Labute approximate surface area is 119 Å². The van der Waals surface area contributed by atoms with E-state index in [4.69, 9.17) is 4.11 Å². The maximum absolute atomic E-state index is 7.50. The Balaban J connectivity index is 2.48. The number of hydrogen-bond donors (Lipinski definition) is 0. The van der Waals surface area contributed by atoms with Gasteiger partial charge < -0.3 is 0 Å². The number of aryl methyl sites for hydroxylation is 3. The van der Waals surface area contributed by atoms with Crippen LogP contribution in [0.25, 0.3) is 11.3 Å². The zero-order chi connectivity index (χ0) is 15.8. The third-order valence-corrected chi connectivity index (χ3v) is 6.26. The monoisotopic (exact) mass is 304 g/mol. The van der Waals surface area contributed by atoms with Gasteiger partial charge in [-0.25, -0.2) is 0 Å². The average molecular weight is 303 g/mol. The van der Waals surface area contributed by atoms with E-state index in [-0.39, 0.29) is 0 Å². The Morgan fingerprint density at radius 2 is 1.94 bits per heavy atom. The molecule has 1 aromatic heterocycles. The molecule has 0 N–H and O–H groups in total. The normalized spacial score (nSPS) is 14.2. The van der Waals surface area contributed by atoms with Gasteiger partial charge in [-0.1, -0.05) is 0 Å². The zero-order valence-corrected chi connectivity index (χ0v) is 13.5. The summed E-state index contributed by atoms with van der Waals surface area (Å²) in [6, 6.07) is 9.76. The van der Waals surface area contributed by atoms with E-state index in [2.05, 4.69) is 41.5 Å². The molecule has 1 aromatic carbocycles. The first kappa shape index (κ1) is 9.79. The zero-order valence-electron chi connectivity index (χ0n) is 14.4. The van der Waals surface area contributed by atoms with Crippen LogP contribution in [-0.2, 0) is 7.05 Å². The van der Waals surface area contributed by atoms with E-state index in [1.54, 1.807) is 12.1 Å². The molecule has 2 heteroatoms. The number of nitrogens with zero attached hydrogens (tertiary/aromatic N) is 1. The van der Waals surface area contributed by atoms with Gasteiger partial charge in [0.15, 0.2) is 0 Å². The molecule has 0 atom stereocenters. The van der Waals surface area contributed by atoms with Gasteiger partial charge in [0.05, 0.1) is 0 Å². The molecule has 0 fully saturated rings. The molecule has 0 aliphatic heterocycles. The molecule has 1 nitrogen and oxygen atoms in total. The fourth-order valence-corrected chi connectivity index (χ4v) is 3.96. The SMILES string of the molecule is [2H]C([2H])([2H])c1ccc(-c2cc[c]([Ge]([CH3])[CH3])c[n+]2C)c(C)c1. The van der Waals surface area contributed by atoms with Crippen LogP contribution in [0.3, 0.4) is 0 Å². The van der Waals surface area contributed by atoms with Crippen LogP contribution < -0.4 is 8.96 Å². The molecule has 1 radical (unpaired) electrons. The number of rotatable bonds is 2. The predicted molar refractivity (Wildman–Crippen MR) is 79.6 cm³/mol. The summed E-state index contributed by atoms with van der Waals surface area (Å²) in [6.07, 6.45) is 2.21. The van der Waals surface area contributed by atoms with Crippen molar-refractivity contribution < 1.29 is 8.68 Å². The van der Waals surface area contributed by atoms with Crippen LogP contribution in [0.15, 0.2) is 36.5 Å². The minimum atomic E-state index is -2.04. The molecule has 0 aliphatic carbocycles. The number of aromatic nitrogens is 1. The molecule has 0 amide bonds. The predicted octanol–water partition coefficient (Wildman–Crippen LogP) is 2.76. The van der Waals surface area contributed by atoms with Crippen LogP contribution in [0.5, 0.6) is 0 Å². The van der Waals surface area contributed by atoms with Gasteiger partial charge >= 0.3 is 119 Å².